The van der Waals surface area contributed by atoms with Gasteiger partial charge in [-0.25, -0.2) is 0 Å². The van der Waals surface area contributed by atoms with E-state index in [4.69, 9.17) is 19.0 Å². The van der Waals surface area contributed by atoms with Gasteiger partial charge < -0.3 is 19.0 Å². The van der Waals surface area contributed by atoms with Crippen LogP contribution in [0.2, 0.25) is 63.0 Å². The van der Waals surface area contributed by atoms with E-state index in [0.29, 0.717) is 5.73 Å². The summed E-state index contributed by atoms with van der Waals surface area (Å²) in [5, 5.41) is -0.0530. The Labute approximate surface area is 190 Å². The van der Waals surface area contributed by atoms with Gasteiger partial charge in [-0.15, -0.1) is 0 Å². The highest BCUT2D eigenvalue weighted by Gasteiger charge is 2.91. The smallest absolute Gasteiger partial charge is 0.228 e. The van der Waals surface area contributed by atoms with Crippen LogP contribution in [0, 0.1) is 0 Å². The van der Waals surface area contributed by atoms with Crippen LogP contribution in [0.15, 0.2) is 0 Å². The molecule has 2 heterocycles. The van der Waals surface area contributed by atoms with Crippen molar-refractivity contribution in [1.29, 1.82) is 0 Å². The van der Waals surface area contributed by atoms with Crippen molar-refractivity contribution in [2.45, 2.75) is 139 Å². The van der Waals surface area contributed by atoms with Crippen molar-refractivity contribution in [3.8, 4) is 0 Å². The lowest BCUT2D eigenvalue weighted by Gasteiger charge is -2.57. The summed E-state index contributed by atoms with van der Waals surface area (Å²) in [6, 6.07) is 2.41. The average molecular weight is 488 g/mol. The van der Waals surface area contributed by atoms with Gasteiger partial charge in [-0.05, 0) is 71.4 Å². The van der Waals surface area contributed by atoms with Crippen molar-refractivity contribution >= 4 is 33.0 Å². The Morgan fingerprint density at radius 1 is 1.00 bits per heavy atom. The lowest BCUT2D eigenvalue weighted by Crippen LogP contribution is -2.69. The monoisotopic (exact) mass is 487 g/mol. The molecule has 2 unspecified atom stereocenters. The molecule has 1 aliphatic carbocycles. The average Bonchev–Trinajstić information content (AvgIpc) is 3.46. The van der Waals surface area contributed by atoms with Gasteiger partial charge in [0.1, 0.15) is 0 Å². The molecule has 0 spiro atoms. The molecule has 0 amide bonds. The molecule has 4 nitrogen and oxygen atoms in total. The molecule has 1 saturated carbocycles. The van der Waals surface area contributed by atoms with E-state index < -0.39 is 33.0 Å². The number of fused-ring (bicyclic) bond motifs is 1. The van der Waals surface area contributed by atoms with E-state index in [0.717, 1.165) is 19.3 Å². The molecule has 3 atom stereocenters. The second-order valence-electron chi connectivity index (χ2n) is 13.7. The van der Waals surface area contributed by atoms with E-state index in [2.05, 4.69) is 80.4 Å². The summed E-state index contributed by atoms with van der Waals surface area (Å²) < 4.78 is 21.1. The third-order valence-electron chi connectivity index (χ3n) is 9.21. The molecule has 0 aromatic rings. The van der Waals surface area contributed by atoms with Gasteiger partial charge in [0.15, 0.2) is 8.32 Å². The summed E-state index contributed by atoms with van der Waals surface area (Å²) >= 11 is 0. The van der Waals surface area contributed by atoms with Gasteiger partial charge in [0.05, 0.1) is 18.9 Å². The van der Waals surface area contributed by atoms with Crippen molar-refractivity contribution in [2.75, 3.05) is 0 Å². The summed E-state index contributed by atoms with van der Waals surface area (Å²) in [6.45, 7) is 28.4. The normalized spacial score (nSPS) is 35.1. The van der Waals surface area contributed by atoms with Crippen molar-refractivity contribution in [1.82, 2.24) is 0 Å². The van der Waals surface area contributed by atoms with Crippen LogP contribution in [-0.2, 0) is 13.3 Å². The fourth-order valence-electron chi connectivity index (χ4n) is 5.31. The minimum absolute atomic E-state index is 0.0776. The molecule has 0 bridgehead atoms. The Hall–Kier alpha value is 0.708. The van der Waals surface area contributed by atoms with Gasteiger partial charge in [0, 0.05) is 15.9 Å². The highest BCUT2D eigenvalue weighted by Crippen LogP contribution is 2.76. The largest absolute Gasteiger partial charge is 0.415 e. The van der Waals surface area contributed by atoms with Gasteiger partial charge in [0.2, 0.25) is 16.6 Å². The van der Waals surface area contributed by atoms with Crippen LogP contribution in [0.3, 0.4) is 0 Å². The third-order valence-corrected chi connectivity index (χ3v) is 23.7. The molecule has 3 aliphatic rings. The van der Waals surface area contributed by atoms with Crippen molar-refractivity contribution < 1.29 is 13.3 Å². The maximum atomic E-state index is 7.26. The lowest BCUT2D eigenvalue weighted by molar-refractivity contribution is 0.0261. The Morgan fingerprint density at radius 3 is 1.87 bits per heavy atom. The first-order valence-electron chi connectivity index (χ1n) is 12.1. The molecule has 3 rings (SSSR count). The molecule has 0 aromatic carbocycles. The molecule has 2 aliphatic heterocycles. The Morgan fingerprint density at radius 2 is 1.50 bits per heavy atom. The van der Waals surface area contributed by atoms with Crippen LogP contribution in [0.1, 0.15) is 53.9 Å². The van der Waals surface area contributed by atoms with E-state index in [1.807, 2.05) is 0 Å². The first kappa shape index (κ1) is 25.3. The second kappa shape index (κ2) is 6.87. The Kier molecular flexibility index (Phi) is 5.80. The molecule has 30 heavy (non-hydrogen) atoms. The van der Waals surface area contributed by atoms with E-state index in [-0.39, 0.29) is 21.0 Å². The van der Waals surface area contributed by atoms with Crippen LogP contribution in [-0.4, -0.2) is 54.7 Å². The second-order valence-corrected chi connectivity index (χ2v) is 32.0. The molecule has 8 heteroatoms. The first-order chi connectivity index (χ1) is 13.2. The van der Waals surface area contributed by atoms with Gasteiger partial charge in [0.25, 0.3) is 0 Å². The van der Waals surface area contributed by atoms with Gasteiger partial charge in [-0.2, -0.15) is 0 Å². The fraction of sp³-hybridized carbons (Fsp3) is 1.00. The summed E-state index contributed by atoms with van der Waals surface area (Å²) in [6.07, 6.45) is 3.20. The molecule has 2 saturated heterocycles. The summed E-state index contributed by atoms with van der Waals surface area (Å²) in [5.74, 6) is 0. The van der Waals surface area contributed by atoms with E-state index in [9.17, 15) is 0 Å². The van der Waals surface area contributed by atoms with Gasteiger partial charge in [-0.3, -0.25) is 0 Å². The summed E-state index contributed by atoms with van der Waals surface area (Å²) in [5.41, 5.74) is 7.14. The predicted molar refractivity (Wildman–Crippen MR) is 138 cm³/mol. The summed E-state index contributed by atoms with van der Waals surface area (Å²) in [4.78, 5) is 0. The highest BCUT2D eigenvalue weighted by molar-refractivity contribution is 7.00. The number of hydrogen-bond donors (Lipinski definition) is 1. The maximum Gasteiger partial charge on any atom is 0.228 e. The zero-order valence-electron chi connectivity index (χ0n) is 21.9. The predicted octanol–water partition coefficient (Wildman–Crippen LogP) is 5.94. The Balaban J connectivity index is 1.88. The van der Waals surface area contributed by atoms with Gasteiger partial charge in [-0.1, -0.05) is 40.4 Å². The number of hydrogen-bond acceptors (Lipinski definition) is 4. The van der Waals surface area contributed by atoms with Gasteiger partial charge >= 0.3 is 0 Å². The first-order valence-corrected chi connectivity index (χ1v) is 23.8. The molecule has 3 fully saturated rings. The van der Waals surface area contributed by atoms with E-state index >= 15 is 0 Å². The molecule has 0 radical (unpaired) electrons. The minimum Gasteiger partial charge on any atom is -0.415 e. The third kappa shape index (κ3) is 3.85. The molecular formula is C22H49NO3Si4. The topological polar surface area (TPSA) is 53.7 Å². The Bertz CT molecular complexity index is 691. The molecule has 2 N–H and O–H groups in total. The molecule has 0 aromatic heterocycles. The number of nitrogens with two attached hydrogens (primary N) is 1. The quantitative estimate of drug-likeness (QED) is 0.366. The molecular weight excluding hydrogens is 439 g/mol. The van der Waals surface area contributed by atoms with Crippen LogP contribution in [0.4, 0.5) is 0 Å². The van der Waals surface area contributed by atoms with Crippen LogP contribution < -0.4 is 5.73 Å². The fourth-order valence-corrected chi connectivity index (χ4v) is 20.1. The van der Waals surface area contributed by atoms with Crippen LogP contribution in [0.25, 0.3) is 0 Å². The standard InChI is InChI=1S/C22H49NO3Si4/c1-13-20(5,25-30-16-22(30,17-30)26-28(9,10)11)19(3,4)29(12,21(23)14-15-21)24-18(2)27(6,7)8/h18H,13-17,23H2,1-12H3/t18?,20-,22?,29?,30?/m0/s1. The number of rotatable bonds is 11. The maximum absolute atomic E-state index is 7.26. The SMILES string of the molecule is CC[C@](C)(O[Si]12CC1(O[Si](C)(C)C)C2)C(C)(C)[Si](C)(OC(C)[Si](C)(C)C)C1(N)CC1. The van der Waals surface area contributed by atoms with Crippen LogP contribution >= 0.6 is 0 Å². The van der Waals surface area contributed by atoms with E-state index in [1.165, 1.54) is 12.1 Å². The van der Waals surface area contributed by atoms with Crippen molar-refractivity contribution in [2.24, 2.45) is 5.73 Å². The lowest BCUT2D eigenvalue weighted by atomic mass is 9.89. The summed E-state index contributed by atoms with van der Waals surface area (Å²) in [7, 11) is -7.03. The zero-order valence-corrected chi connectivity index (χ0v) is 25.9. The zero-order chi connectivity index (χ0) is 23.2. The van der Waals surface area contributed by atoms with Crippen molar-refractivity contribution in [3.05, 3.63) is 0 Å². The van der Waals surface area contributed by atoms with Crippen molar-refractivity contribution in [3.63, 3.8) is 0 Å². The minimum atomic E-state index is -2.34. The van der Waals surface area contributed by atoms with E-state index in [1.54, 1.807) is 0 Å². The highest BCUT2D eigenvalue weighted by atomic mass is 28.4. The van der Waals surface area contributed by atoms with Crippen LogP contribution in [0.5, 0.6) is 0 Å². The molecule has 176 valence electrons.